The number of hydrogen-bond acceptors (Lipinski definition) is 4. The molecule has 0 unspecified atom stereocenters. The third-order valence-electron chi connectivity index (χ3n) is 5.06. The molecule has 1 N–H and O–H groups in total. The second-order valence-corrected chi connectivity index (χ2v) is 6.72. The fraction of sp³-hybridized carbons (Fsp3) is 0.381. The van der Waals surface area contributed by atoms with E-state index in [0.29, 0.717) is 0 Å². The highest BCUT2D eigenvalue weighted by Crippen LogP contribution is 2.25. The van der Waals surface area contributed by atoms with E-state index in [2.05, 4.69) is 28.1 Å². The lowest BCUT2D eigenvalue weighted by Gasteiger charge is -2.35. The molecule has 0 atom stereocenters. The summed E-state index contributed by atoms with van der Waals surface area (Å²) in [6, 6.07) is 10.2. The van der Waals surface area contributed by atoms with Crippen LogP contribution >= 0.6 is 0 Å². The van der Waals surface area contributed by atoms with E-state index < -0.39 is 5.82 Å². The van der Waals surface area contributed by atoms with Gasteiger partial charge in [-0.25, -0.2) is 4.39 Å². The molecule has 27 heavy (non-hydrogen) atoms. The van der Waals surface area contributed by atoms with Crippen molar-refractivity contribution in [2.75, 3.05) is 50.1 Å². The minimum Gasteiger partial charge on any atom is -0.494 e. The smallest absolute Gasteiger partial charge is 0.255 e. The number of methoxy groups -OCH3 is 1. The topological polar surface area (TPSA) is 44.8 Å². The van der Waals surface area contributed by atoms with Crippen LogP contribution in [0.2, 0.25) is 0 Å². The highest BCUT2D eigenvalue weighted by Gasteiger charge is 2.17. The molecule has 0 saturated carbocycles. The molecule has 5 nitrogen and oxygen atoms in total. The maximum atomic E-state index is 13.8. The summed E-state index contributed by atoms with van der Waals surface area (Å²) >= 11 is 0. The lowest BCUT2D eigenvalue weighted by molar-refractivity contribution is 0.102. The molecule has 2 aromatic carbocycles. The Kier molecular flexibility index (Phi) is 5.96. The number of ether oxygens (including phenoxy) is 1. The Morgan fingerprint density at radius 3 is 2.48 bits per heavy atom. The Balaban J connectivity index is 1.69. The largest absolute Gasteiger partial charge is 0.494 e. The number of benzene rings is 2. The third kappa shape index (κ3) is 4.39. The highest BCUT2D eigenvalue weighted by atomic mass is 19.1. The minimum atomic E-state index is -0.552. The first-order valence-corrected chi connectivity index (χ1v) is 9.24. The van der Waals surface area contributed by atoms with Gasteiger partial charge >= 0.3 is 0 Å². The molecule has 3 rings (SSSR count). The predicted molar refractivity (Wildman–Crippen MR) is 106 cm³/mol. The zero-order valence-electron chi connectivity index (χ0n) is 16.1. The van der Waals surface area contributed by atoms with Gasteiger partial charge in [-0.15, -0.1) is 0 Å². The Labute approximate surface area is 159 Å². The molecule has 144 valence electrons. The van der Waals surface area contributed by atoms with Gasteiger partial charge in [0.25, 0.3) is 5.91 Å². The molecule has 0 spiro atoms. The maximum absolute atomic E-state index is 13.8. The van der Waals surface area contributed by atoms with Crippen LogP contribution in [0.4, 0.5) is 15.8 Å². The summed E-state index contributed by atoms with van der Waals surface area (Å²) in [5.41, 5.74) is 3.13. The van der Waals surface area contributed by atoms with Crippen molar-refractivity contribution in [3.8, 4) is 5.75 Å². The van der Waals surface area contributed by atoms with Gasteiger partial charge in [0, 0.05) is 43.1 Å². The first kappa shape index (κ1) is 19.2. The molecule has 1 heterocycles. The molecule has 6 heteroatoms. The van der Waals surface area contributed by atoms with Gasteiger partial charge in [-0.1, -0.05) is 6.92 Å². The number of carbonyl (C=O) groups is 1. The average molecular weight is 371 g/mol. The van der Waals surface area contributed by atoms with Gasteiger partial charge < -0.3 is 19.9 Å². The molecular weight excluding hydrogens is 345 g/mol. The number of likely N-dealkylation sites (N-methyl/N-ethyl adjacent to an activating group) is 1. The number of halogens is 1. The molecule has 1 aliphatic heterocycles. The molecule has 1 amide bonds. The zero-order chi connectivity index (χ0) is 19.4. The number of nitrogens with one attached hydrogen (secondary N) is 1. The van der Waals surface area contributed by atoms with Crippen molar-refractivity contribution in [3.63, 3.8) is 0 Å². The van der Waals surface area contributed by atoms with Gasteiger partial charge in [-0.3, -0.25) is 4.79 Å². The van der Waals surface area contributed by atoms with E-state index in [1.165, 1.54) is 19.2 Å². The summed E-state index contributed by atoms with van der Waals surface area (Å²) in [6.07, 6.45) is 0. The van der Waals surface area contributed by atoms with Crippen molar-refractivity contribution in [2.24, 2.45) is 0 Å². The van der Waals surface area contributed by atoms with Crippen molar-refractivity contribution in [3.05, 3.63) is 53.3 Å². The number of hydrogen-bond donors (Lipinski definition) is 1. The number of aryl methyl sites for hydroxylation is 1. The van der Waals surface area contributed by atoms with Crippen molar-refractivity contribution < 1.29 is 13.9 Å². The summed E-state index contributed by atoms with van der Waals surface area (Å²) in [5, 5.41) is 2.86. The standard InChI is InChI=1S/C21H26FN3O2/c1-4-24-9-11-25(12-10-24)17-6-7-19(15(2)13-17)23-21(26)16-5-8-20(27-3)18(22)14-16/h5-8,13-14H,4,9-12H2,1-3H3,(H,23,26). The predicted octanol–water partition coefficient (Wildman–Crippen LogP) is 3.54. The quantitative estimate of drug-likeness (QED) is 0.873. The van der Waals surface area contributed by atoms with Crippen LogP contribution in [0.25, 0.3) is 0 Å². The Morgan fingerprint density at radius 2 is 1.89 bits per heavy atom. The third-order valence-corrected chi connectivity index (χ3v) is 5.06. The summed E-state index contributed by atoms with van der Waals surface area (Å²) in [4.78, 5) is 17.2. The summed E-state index contributed by atoms with van der Waals surface area (Å²) in [5.74, 6) is -0.775. The average Bonchev–Trinajstić information content (AvgIpc) is 2.69. The van der Waals surface area contributed by atoms with Gasteiger partial charge in [0.1, 0.15) is 0 Å². The normalized spacial score (nSPS) is 14.9. The van der Waals surface area contributed by atoms with Crippen LogP contribution in [-0.4, -0.2) is 50.6 Å². The lowest BCUT2D eigenvalue weighted by Crippen LogP contribution is -2.46. The second kappa shape index (κ2) is 8.39. The molecule has 0 aliphatic carbocycles. The van der Waals surface area contributed by atoms with E-state index >= 15 is 0 Å². The second-order valence-electron chi connectivity index (χ2n) is 6.72. The van der Waals surface area contributed by atoms with Gasteiger partial charge in [0.15, 0.2) is 11.6 Å². The van der Waals surface area contributed by atoms with E-state index in [1.807, 2.05) is 19.1 Å². The van der Waals surface area contributed by atoms with Crippen molar-refractivity contribution in [1.82, 2.24) is 4.90 Å². The van der Waals surface area contributed by atoms with E-state index in [-0.39, 0.29) is 17.2 Å². The van der Waals surface area contributed by atoms with Crippen LogP contribution in [0.5, 0.6) is 5.75 Å². The van der Waals surface area contributed by atoms with Crippen LogP contribution in [0.3, 0.4) is 0 Å². The summed E-state index contributed by atoms with van der Waals surface area (Å²) in [6.45, 7) is 9.38. The molecule has 0 aromatic heterocycles. The number of amides is 1. The Morgan fingerprint density at radius 1 is 1.15 bits per heavy atom. The van der Waals surface area contributed by atoms with Gasteiger partial charge in [-0.2, -0.15) is 0 Å². The van der Waals surface area contributed by atoms with Gasteiger partial charge in [0.2, 0.25) is 0 Å². The molecule has 1 fully saturated rings. The Bertz CT molecular complexity index is 817. The SMILES string of the molecule is CCN1CCN(c2ccc(NC(=O)c3ccc(OC)c(F)c3)c(C)c2)CC1. The highest BCUT2D eigenvalue weighted by molar-refractivity contribution is 6.04. The molecule has 1 aliphatic rings. The van der Waals surface area contributed by atoms with Crippen molar-refractivity contribution in [2.45, 2.75) is 13.8 Å². The summed E-state index contributed by atoms with van der Waals surface area (Å²) < 4.78 is 18.7. The van der Waals surface area contributed by atoms with Gasteiger partial charge in [0.05, 0.1) is 7.11 Å². The molecule has 0 bridgehead atoms. The Hall–Kier alpha value is -2.60. The fourth-order valence-electron chi connectivity index (χ4n) is 3.31. The molecule has 1 saturated heterocycles. The number of piperazine rings is 1. The molecule has 2 aromatic rings. The van der Waals surface area contributed by atoms with E-state index in [4.69, 9.17) is 4.74 Å². The number of anilines is 2. The molecular formula is C21H26FN3O2. The fourth-order valence-corrected chi connectivity index (χ4v) is 3.31. The van der Waals surface area contributed by atoms with Gasteiger partial charge in [-0.05, 0) is 55.4 Å². The molecule has 0 radical (unpaired) electrons. The van der Waals surface area contributed by atoms with Crippen LogP contribution in [0.15, 0.2) is 36.4 Å². The van der Waals surface area contributed by atoms with E-state index in [0.717, 1.165) is 49.7 Å². The lowest BCUT2D eigenvalue weighted by atomic mass is 10.1. The van der Waals surface area contributed by atoms with E-state index in [9.17, 15) is 9.18 Å². The summed E-state index contributed by atoms with van der Waals surface area (Å²) in [7, 11) is 1.39. The monoisotopic (exact) mass is 371 g/mol. The van der Waals surface area contributed by atoms with Crippen molar-refractivity contribution in [1.29, 1.82) is 0 Å². The van der Waals surface area contributed by atoms with Crippen LogP contribution in [0, 0.1) is 12.7 Å². The number of nitrogens with zero attached hydrogens (tertiary/aromatic N) is 2. The van der Waals surface area contributed by atoms with E-state index in [1.54, 1.807) is 6.07 Å². The first-order chi connectivity index (χ1) is 13.0. The first-order valence-electron chi connectivity index (χ1n) is 9.24. The van der Waals surface area contributed by atoms with Crippen LogP contribution < -0.4 is 15.0 Å². The van der Waals surface area contributed by atoms with Crippen molar-refractivity contribution >= 4 is 17.3 Å². The number of carbonyl (C=O) groups excluding carboxylic acids is 1. The number of rotatable bonds is 5. The van der Waals surface area contributed by atoms with Crippen LogP contribution in [0.1, 0.15) is 22.8 Å². The minimum absolute atomic E-state index is 0.121. The maximum Gasteiger partial charge on any atom is 0.255 e. The van der Waals surface area contributed by atoms with Crippen LogP contribution in [-0.2, 0) is 0 Å². The zero-order valence-corrected chi connectivity index (χ0v) is 16.1.